The highest BCUT2D eigenvalue weighted by atomic mass is 32.2. The molecule has 0 saturated carbocycles. The molecule has 132 valence electrons. The third-order valence-corrected chi connectivity index (χ3v) is 7.59. The Balaban J connectivity index is 1.55. The molecule has 2 aromatic carbocycles. The molecule has 4 heteroatoms. The monoisotopic (exact) mass is 362 g/mol. The number of benzene rings is 2. The van der Waals surface area contributed by atoms with Gasteiger partial charge in [0.25, 0.3) is 0 Å². The van der Waals surface area contributed by atoms with E-state index in [2.05, 4.69) is 76.2 Å². The van der Waals surface area contributed by atoms with Crippen LogP contribution in [-0.4, -0.2) is 18.3 Å². The molecule has 2 aliphatic heterocycles. The van der Waals surface area contributed by atoms with Crippen LogP contribution in [0.2, 0.25) is 0 Å². The summed E-state index contributed by atoms with van der Waals surface area (Å²) < 4.78 is 12.5. The van der Waals surface area contributed by atoms with Crippen molar-refractivity contribution < 1.29 is 9.31 Å². The molecule has 26 heavy (non-hydrogen) atoms. The van der Waals surface area contributed by atoms with Crippen LogP contribution in [0, 0.1) is 0 Å². The first-order valence-electron chi connectivity index (χ1n) is 9.32. The second-order valence-corrected chi connectivity index (χ2v) is 9.52. The fraction of sp³-hybridized carbons (Fsp3) is 0.364. The van der Waals surface area contributed by atoms with Crippen molar-refractivity contribution in [2.45, 2.75) is 56.1 Å². The Morgan fingerprint density at radius 1 is 1.00 bits per heavy atom. The van der Waals surface area contributed by atoms with Crippen LogP contribution in [0.3, 0.4) is 0 Å². The zero-order chi connectivity index (χ0) is 18.1. The van der Waals surface area contributed by atoms with Crippen molar-refractivity contribution in [1.82, 2.24) is 0 Å². The first-order valence-corrected chi connectivity index (χ1v) is 10.1. The largest absolute Gasteiger partial charge is 0.494 e. The van der Waals surface area contributed by atoms with Crippen LogP contribution in [-0.2, 0) is 9.31 Å². The van der Waals surface area contributed by atoms with Gasteiger partial charge in [-0.15, -0.1) is 0 Å². The molecule has 0 aromatic heterocycles. The summed E-state index contributed by atoms with van der Waals surface area (Å²) in [5, 5.41) is 2.76. The van der Waals surface area contributed by atoms with E-state index >= 15 is 0 Å². The van der Waals surface area contributed by atoms with Crippen LogP contribution >= 0.6 is 11.8 Å². The molecule has 5 rings (SSSR count). The molecule has 3 aliphatic rings. The Morgan fingerprint density at radius 2 is 1.73 bits per heavy atom. The second-order valence-electron chi connectivity index (χ2n) is 8.43. The van der Waals surface area contributed by atoms with Gasteiger partial charge < -0.3 is 9.31 Å². The molecule has 2 nitrogen and oxygen atoms in total. The molecule has 0 spiro atoms. The lowest BCUT2D eigenvalue weighted by Crippen LogP contribution is -2.41. The smallest absolute Gasteiger partial charge is 0.399 e. The molecule has 0 amide bonds. The molecule has 0 bridgehead atoms. The van der Waals surface area contributed by atoms with E-state index in [0.29, 0.717) is 5.92 Å². The van der Waals surface area contributed by atoms with Crippen molar-refractivity contribution in [2.24, 2.45) is 0 Å². The Morgan fingerprint density at radius 3 is 2.50 bits per heavy atom. The van der Waals surface area contributed by atoms with Gasteiger partial charge in [0.15, 0.2) is 0 Å². The fourth-order valence-corrected chi connectivity index (χ4v) is 5.36. The zero-order valence-corrected chi connectivity index (χ0v) is 16.5. The molecule has 0 radical (unpaired) electrons. The predicted molar refractivity (Wildman–Crippen MR) is 109 cm³/mol. The lowest BCUT2D eigenvalue weighted by molar-refractivity contribution is 0.00578. The van der Waals surface area contributed by atoms with Crippen molar-refractivity contribution >= 4 is 35.3 Å². The van der Waals surface area contributed by atoms with Gasteiger partial charge >= 0.3 is 7.12 Å². The Bertz CT molecular complexity index is 1010. The summed E-state index contributed by atoms with van der Waals surface area (Å²) in [6.45, 7) is 8.43. The minimum Gasteiger partial charge on any atom is -0.399 e. The average molecular weight is 362 g/mol. The van der Waals surface area contributed by atoms with Crippen molar-refractivity contribution in [3.63, 3.8) is 0 Å². The Hall–Kier alpha value is -1.49. The van der Waals surface area contributed by atoms with Crippen LogP contribution in [0.15, 0.2) is 47.4 Å². The van der Waals surface area contributed by atoms with Gasteiger partial charge in [-0.1, -0.05) is 54.2 Å². The van der Waals surface area contributed by atoms with Gasteiger partial charge in [0.05, 0.1) is 11.2 Å². The second kappa shape index (κ2) is 5.51. The van der Waals surface area contributed by atoms with E-state index in [9.17, 15) is 0 Å². The van der Waals surface area contributed by atoms with Gasteiger partial charge in [0, 0.05) is 15.7 Å². The van der Waals surface area contributed by atoms with E-state index in [-0.39, 0.29) is 18.3 Å². The Kier molecular flexibility index (Phi) is 3.53. The molecule has 1 atom stereocenters. The third kappa shape index (κ3) is 2.36. The highest BCUT2D eigenvalue weighted by Gasteiger charge is 2.52. The van der Waals surface area contributed by atoms with Gasteiger partial charge in [0.1, 0.15) is 0 Å². The predicted octanol–water partition coefficient (Wildman–Crippen LogP) is 3.17. The van der Waals surface area contributed by atoms with Crippen molar-refractivity contribution in [3.8, 4) is 0 Å². The van der Waals surface area contributed by atoms with E-state index in [1.54, 1.807) is 0 Å². The first-order chi connectivity index (χ1) is 12.4. The standard InChI is InChI=1S/C22H23BO2S/c1-21(2)22(3,4)25-23(24-21)15-10-12-19-18(13-15)17-11-9-14-7-5-6-8-16(14)20(17)26-19/h5-10,12-13,17H,11H2,1-4H3. The van der Waals surface area contributed by atoms with Gasteiger partial charge in [-0.05, 0) is 61.6 Å². The van der Waals surface area contributed by atoms with Gasteiger partial charge in [-0.3, -0.25) is 0 Å². The SMILES string of the molecule is CC1(C)OB(c2ccc3c(c2)C2CC=c4ccccc4=C2S3)OC1(C)C. The van der Waals surface area contributed by atoms with E-state index in [1.807, 2.05) is 11.8 Å². The van der Waals surface area contributed by atoms with E-state index < -0.39 is 0 Å². The minimum atomic E-state index is -0.305. The maximum atomic E-state index is 6.26. The highest BCUT2D eigenvalue weighted by Crippen LogP contribution is 2.51. The summed E-state index contributed by atoms with van der Waals surface area (Å²) >= 11 is 1.93. The summed E-state index contributed by atoms with van der Waals surface area (Å²) in [4.78, 5) is 2.86. The van der Waals surface area contributed by atoms with Crippen LogP contribution in [0.1, 0.15) is 45.6 Å². The molecular formula is C22H23BO2S. The molecule has 2 heterocycles. The molecule has 1 saturated heterocycles. The zero-order valence-electron chi connectivity index (χ0n) is 15.7. The van der Waals surface area contributed by atoms with Crippen molar-refractivity contribution in [3.05, 3.63) is 58.5 Å². The number of hydrogen-bond acceptors (Lipinski definition) is 3. The Labute approximate surface area is 159 Å². The normalized spacial score (nSPS) is 24.7. The minimum absolute atomic E-state index is 0.292. The number of thioether (sulfide) groups is 1. The van der Waals surface area contributed by atoms with Gasteiger partial charge in [-0.25, -0.2) is 0 Å². The van der Waals surface area contributed by atoms with Crippen LogP contribution in [0.25, 0.3) is 11.0 Å². The lowest BCUT2D eigenvalue weighted by atomic mass is 9.77. The summed E-state index contributed by atoms with van der Waals surface area (Å²) in [5.74, 6) is 0.465. The molecule has 1 aliphatic carbocycles. The summed E-state index contributed by atoms with van der Waals surface area (Å²) in [6, 6.07) is 15.5. The van der Waals surface area contributed by atoms with E-state index in [4.69, 9.17) is 9.31 Å². The van der Waals surface area contributed by atoms with Gasteiger partial charge in [0.2, 0.25) is 0 Å². The summed E-state index contributed by atoms with van der Waals surface area (Å²) in [7, 11) is -0.292. The number of rotatable bonds is 1. The molecular weight excluding hydrogens is 339 g/mol. The van der Waals surface area contributed by atoms with Crippen LogP contribution in [0.5, 0.6) is 0 Å². The maximum absolute atomic E-state index is 6.26. The highest BCUT2D eigenvalue weighted by molar-refractivity contribution is 8.08. The number of hydrogen-bond donors (Lipinski definition) is 0. The topological polar surface area (TPSA) is 18.5 Å². The maximum Gasteiger partial charge on any atom is 0.494 e. The van der Waals surface area contributed by atoms with Crippen molar-refractivity contribution in [2.75, 3.05) is 0 Å². The van der Waals surface area contributed by atoms with Gasteiger partial charge in [-0.2, -0.15) is 0 Å². The molecule has 1 unspecified atom stereocenters. The number of fused-ring (bicyclic) bond motifs is 4. The lowest BCUT2D eigenvalue weighted by Gasteiger charge is -2.32. The molecule has 0 N–H and O–H groups in total. The van der Waals surface area contributed by atoms with E-state index in [0.717, 1.165) is 11.9 Å². The summed E-state index contributed by atoms with van der Waals surface area (Å²) in [5.41, 5.74) is 1.94. The van der Waals surface area contributed by atoms with E-state index in [1.165, 1.54) is 25.8 Å². The molecule has 2 aromatic rings. The van der Waals surface area contributed by atoms with Crippen LogP contribution in [0.4, 0.5) is 0 Å². The summed E-state index contributed by atoms with van der Waals surface area (Å²) in [6.07, 6.45) is 3.44. The fourth-order valence-electron chi connectivity index (χ4n) is 4.01. The third-order valence-electron chi connectivity index (χ3n) is 6.27. The van der Waals surface area contributed by atoms with Crippen molar-refractivity contribution in [1.29, 1.82) is 0 Å². The average Bonchev–Trinajstić information content (AvgIpc) is 3.08. The quantitative estimate of drug-likeness (QED) is 0.726. The van der Waals surface area contributed by atoms with Crippen LogP contribution < -0.4 is 15.9 Å². The molecule has 1 fully saturated rings. The first kappa shape index (κ1) is 16.7.